The predicted molar refractivity (Wildman–Crippen MR) is 85.0 cm³/mol. The van der Waals surface area contributed by atoms with Crippen molar-refractivity contribution in [2.75, 3.05) is 32.4 Å². The molecule has 0 bridgehead atoms. The summed E-state index contributed by atoms with van der Waals surface area (Å²) in [4.78, 5) is 14.9. The van der Waals surface area contributed by atoms with Crippen LogP contribution in [0.2, 0.25) is 0 Å². The van der Waals surface area contributed by atoms with Gasteiger partial charge in [0.15, 0.2) is 0 Å². The minimum atomic E-state index is -0.283. The van der Waals surface area contributed by atoms with E-state index in [9.17, 15) is 4.79 Å². The summed E-state index contributed by atoms with van der Waals surface area (Å²) in [6.45, 7) is 3.08. The molecule has 21 heavy (non-hydrogen) atoms. The van der Waals surface area contributed by atoms with Gasteiger partial charge in [0, 0.05) is 18.8 Å². The number of likely N-dealkylation sites (tertiary alicyclic amines) is 1. The summed E-state index contributed by atoms with van der Waals surface area (Å²) in [6, 6.07) is 7.77. The van der Waals surface area contributed by atoms with Crippen molar-refractivity contribution in [2.24, 2.45) is 5.92 Å². The Bertz CT molecular complexity index is 507. The zero-order valence-corrected chi connectivity index (χ0v) is 12.8. The lowest BCUT2D eigenvalue weighted by Crippen LogP contribution is -2.42. The number of nitrogens with zero attached hydrogens (tertiary/aromatic N) is 1. The monoisotopic (exact) mass is 287 g/mol. The number of nitrogens with one attached hydrogen (secondary N) is 1. The minimum Gasteiger partial charge on any atom is -0.399 e. The van der Waals surface area contributed by atoms with Crippen molar-refractivity contribution >= 4 is 11.6 Å². The molecule has 1 amide bonds. The average molecular weight is 287 g/mol. The van der Waals surface area contributed by atoms with Crippen LogP contribution in [0.15, 0.2) is 24.3 Å². The standard InChI is InChI=1S/C17H25N3O/c1-20-10-2-3-13(12-20)11-19-16(21)17(8-9-17)14-4-6-15(18)7-5-14/h4-7,13H,2-3,8-12,18H2,1H3,(H,19,21). The number of piperidine rings is 1. The highest BCUT2D eigenvalue weighted by atomic mass is 16.2. The van der Waals surface area contributed by atoms with E-state index in [0.29, 0.717) is 5.92 Å². The van der Waals surface area contributed by atoms with E-state index in [4.69, 9.17) is 5.73 Å². The number of carbonyl (C=O) groups excluding carboxylic acids is 1. The van der Waals surface area contributed by atoms with Gasteiger partial charge < -0.3 is 16.0 Å². The van der Waals surface area contributed by atoms with E-state index in [1.54, 1.807) is 0 Å². The van der Waals surface area contributed by atoms with Crippen molar-refractivity contribution in [3.8, 4) is 0 Å². The zero-order chi connectivity index (χ0) is 14.9. The van der Waals surface area contributed by atoms with Gasteiger partial charge in [0.05, 0.1) is 5.41 Å². The molecule has 1 heterocycles. The molecule has 1 aliphatic carbocycles. The van der Waals surface area contributed by atoms with E-state index in [1.807, 2.05) is 24.3 Å². The maximum atomic E-state index is 12.6. The number of hydrogen-bond donors (Lipinski definition) is 2. The number of rotatable bonds is 4. The SMILES string of the molecule is CN1CCCC(CNC(=O)C2(c3ccc(N)cc3)CC2)C1. The van der Waals surface area contributed by atoms with Gasteiger partial charge in [-0.1, -0.05) is 12.1 Å². The maximum Gasteiger partial charge on any atom is 0.230 e. The van der Waals surface area contributed by atoms with Crippen molar-refractivity contribution in [3.05, 3.63) is 29.8 Å². The Balaban J connectivity index is 1.59. The van der Waals surface area contributed by atoms with Crippen LogP contribution in [-0.2, 0) is 10.2 Å². The number of amides is 1. The smallest absolute Gasteiger partial charge is 0.230 e. The molecule has 1 aromatic rings. The molecule has 1 atom stereocenters. The van der Waals surface area contributed by atoms with E-state index >= 15 is 0 Å². The molecular weight excluding hydrogens is 262 g/mol. The molecule has 1 aliphatic heterocycles. The Morgan fingerprint density at radius 2 is 2.10 bits per heavy atom. The van der Waals surface area contributed by atoms with E-state index in [1.165, 1.54) is 19.4 Å². The second-order valence-corrected chi connectivity index (χ2v) is 6.68. The molecule has 1 saturated carbocycles. The minimum absolute atomic E-state index is 0.195. The third kappa shape index (κ3) is 3.05. The molecule has 0 aromatic heterocycles. The first kappa shape index (κ1) is 14.4. The Labute approximate surface area is 126 Å². The summed E-state index contributed by atoms with van der Waals surface area (Å²) < 4.78 is 0. The van der Waals surface area contributed by atoms with Crippen molar-refractivity contribution in [3.63, 3.8) is 0 Å². The Hall–Kier alpha value is -1.55. The van der Waals surface area contributed by atoms with Gasteiger partial charge in [-0.25, -0.2) is 0 Å². The first-order valence-electron chi connectivity index (χ1n) is 7.93. The maximum absolute atomic E-state index is 12.6. The van der Waals surface area contributed by atoms with Crippen LogP contribution in [0, 0.1) is 5.92 Å². The van der Waals surface area contributed by atoms with Crippen LogP contribution in [-0.4, -0.2) is 37.5 Å². The molecule has 3 N–H and O–H groups in total. The fourth-order valence-electron chi connectivity index (χ4n) is 3.42. The quantitative estimate of drug-likeness (QED) is 0.830. The van der Waals surface area contributed by atoms with Gasteiger partial charge in [0.2, 0.25) is 5.91 Å². The Morgan fingerprint density at radius 3 is 2.71 bits per heavy atom. The summed E-state index contributed by atoms with van der Waals surface area (Å²) in [5.41, 5.74) is 7.30. The number of nitrogen functional groups attached to an aromatic ring is 1. The second-order valence-electron chi connectivity index (χ2n) is 6.68. The highest BCUT2D eigenvalue weighted by Crippen LogP contribution is 2.48. The predicted octanol–water partition coefficient (Wildman–Crippen LogP) is 1.76. The number of nitrogens with two attached hydrogens (primary N) is 1. The van der Waals surface area contributed by atoms with Gasteiger partial charge in [-0.2, -0.15) is 0 Å². The largest absolute Gasteiger partial charge is 0.399 e. The van der Waals surface area contributed by atoms with E-state index in [2.05, 4.69) is 17.3 Å². The van der Waals surface area contributed by atoms with E-state index < -0.39 is 0 Å². The summed E-state index contributed by atoms with van der Waals surface area (Å²) >= 11 is 0. The number of hydrogen-bond acceptors (Lipinski definition) is 3. The second kappa shape index (κ2) is 5.68. The fraction of sp³-hybridized carbons (Fsp3) is 0.588. The lowest BCUT2D eigenvalue weighted by Gasteiger charge is -2.30. The van der Waals surface area contributed by atoms with Crippen LogP contribution in [0.5, 0.6) is 0 Å². The highest BCUT2D eigenvalue weighted by molar-refractivity contribution is 5.91. The van der Waals surface area contributed by atoms with Crippen LogP contribution in [0.3, 0.4) is 0 Å². The van der Waals surface area contributed by atoms with Crippen LogP contribution in [0.1, 0.15) is 31.2 Å². The summed E-state index contributed by atoms with van der Waals surface area (Å²) in [6.07, 6.45) is 4.36. The molecule has 2 fully saturated rings. The number of benzene rings is 1. The van der Waals surface area contributed by atoms with Gasteiger partial charge in [0.1, 0.15) is 0 Å². The van der Waals surface area contributed by atoms with Gasteiger partial charge in [-0.05, 0) is 62.9 Å². The summed E-state index contributed by atoms with van der Waals surface area (Å²) in [7, 11) is 2.16. The summed E-state index contributed by atoms with van der Waals surface area (Å²) in [5, 5.41) is 3.19. The molecule has 1 aromatic carbocycles. The molecule has 4 heteroatoms. The molecule has 1 unspecified atom stereocenters. The van der Waals surface area contributed by atoms with Crippen molar-refractivity contribution in [1.82, 2.24) is 10.2 Å². The van der Waals surface area contributed by atoms with Crippen LogP contribution >= 0.6 is 0 Å². The Kier molecular flexibility index (Phi) is 3.89. The lowest BCUT2D eigenvalue weighted by atomic mass is 9.93. The van der Waals surface area contributed by atoms with Gasteiger partial charge in [-0.15, -0.1) is 0 Å². The molecule has 0 spiro atoms. The molecule has 2 aliphatic rings. The van der Waals surface area contributed by atoms with Gasteiger partial charge in [-0.3, -0.25) is 4.79 Å². The summed E-state index contributed by atoms with van der Waals surface area (Å²) in [5.74, 6) is 0.787. The first-order valence-corrected chi connectivity index (χ1v) is 7.93. The topological polar surface area (TPSA) is 58.4 Å². The third-order valence-electron chi connectivity index (χ3n) is 4.92. The van der Waals surface area contributed by atoms with Gasteiger partial charge in [0.25, 0.3) is 0 Å². The van der Waals surface area contributed by atoms with Crippen LogP contribution in [0.4, 0.5) is 5.69 Å². The van der Waals surface area contributed by atoms with Crippen molar-refractivity contribution in [2.45, 2.75) is 31.1 Å². The van der Waals surface area contributed by atoms with Crippen molar-refractivity contribution in [1.29, 1.82) is 0 Å². The lowest BCUT2D eigenvalue weighted by molar-refractivity contribution is -0.123. The molecule has 4 nitrogen and oxygen atoms in total. The van der Waals surface area contributed by atoms with Crippen LogP contribution in [0.25, 0.3) is 0 Å². The zero-order valence-electron chi connectivity index (χ0n) is 12.8. The highest BCUT2D eigenvalue weighted by Gasteiger charge is 2.51. The third-order valence-corrected chi connectivity index (χ3v) is 4.92. The van der Waals surface area contributed by atoms with Crippen molar-refractivity contribution < 1.29 is 4.79 Å². The van der Waals surface area contributed by atoms with Gasteiger partial charge >= 0.3 is 0 Å². The first-order chi connectivity index (χ1) is 10.1. The average Bonchev–Trinajstić information content (AvgIpc) is 3.27. The molecule has 1 saturated heterocycles. The Morgan fingerprint density at radius 1 is 1.38 bits per heavy atom. The van der Waals surface area contributed by atoms with E-state index in [-0.39, 0.29) is 11.3 Å². The molecular formula is C17H25N3O. The molecule has 0 radical (unpaired) electrons. The van der Waals surface area contributed by atoms with Crippen LogP contribution < -0.4 is 11.1 Å². The molecule has 114 valence electrons. The number of anilines is 1. The molecule has 3 rings (SSSR count). The number of carbonyl (C=O) groups is 1. The normalized spacial score (nSPS) is 24.5. The fourth-order valence-corrected chi connectivity index (χ4v) is 3.42. The van der Waals surface area contributed by atoms with E-state index in [0.717, 1.165) is 37.2 Å².